The summed E-state index contributed by atoms with van der Waals surface area (Å²) >= 11 is 0. The SMILES string of the molecule is CC.Cc1ccc(CCON)cc1. The predicted molar refractivity (Wildman–Crippen MR) is 56.4 cm³/mol. The van der Waals surface area contributed by atoms with Gasteiger partial charge < -0.3 is 4.84 Å². The number of hydrogen-bond acceptors (Lipinski definition) is 2. The molecule has 0 fully saturated rings. The second kappa shape index (κ2) is 7.77. The molecule has 0 aromatic heterocycles. The molecule has 0 spiro atoms. The summed E-state index contributed by atoms with van der Waals surface area (Å²) in [6, 6.07) is 8.36. The molecule has 74 valence electrons. The van der Waals surface area contributed by atoms with Gasteiger partial charge in [0.25, 0.3) is 0 Å². The highest BCUT2D eigenvalue weighted by molar-refractivity contribution is 5.21. The minimum absolute atomic E-state index is 0.586. The third-order valence-corrected chi connectivity index (χ3v) is 1.63. The van der Waals surface area contributed by atoms with Crippen LogP contribution in [0.3, 0.4) is 0 Å². The number of hydrogen-bond donors (Lipinski definition) is 1. The molecule has 0 bridgehead atoms. The lowest BCUT2D eigenvalue weighted by Gasteiger charge is -1.99. The van der Waals surface area contributed by atoms with E-state index in [4.69, 9.17) is 5.90 Å². The second-order valence-corrected chi connectivity index (χ2v) is 2.61. The van der Waals surface area contributed by atoms with Gasteiger partial charge in [-0.2, -0.15) is 0 Å². The lowest BCUT2D eigenvalue weighted by atomic mass is 10.1. The largest absolute Gasteiger partial charge is 0.304 e. The van der Waals surface area contributed by atoms with Crippen LogP contribution < -0.4 is 5.90 Å². The van der Waals surface area contributed by atoms with Crippen LogP contribution in [-0.2, 0) is 11.3 Å². The van der Waals surface area contributed by atoms with Crippen LogP contribution >= 0.6 is 0 Å². The first-order valence-electron chi connectivity index (χ1n) is 4.70. The summed E-state index contributed by atoms with van der Waals surface area (Å²) in [4.78, 5) is 4.48. The molecule has 0 heterocycles. The number of benzene rings is 1. The monoisotopic (exact) mass is 181 g/mol. The van der Waals surface area contributed by atoms with Crippen LogP contribution in [0.1, 0.15) is 25.0 Å². The Balaban J connectivity index is 0.000000671. The van der Waals surface area contributed by atoms with Gasteiger partial charge in [-0.15, -0.1) is 0 Å². The van der Waals surface area contributed by atoms with Crippen molar-refractivity contribution < 1.29 is 4.84 Å². The van der Waals surface area contributed by atoms with Crippen LogP contribution in [0.25, 0.3) is 0 Å². The highest BCUT2D eigenvalue weighted by Gasteiger charge is 1.90. The van der Waals surface area contributed by atoms with E-state index in [9.17, 15) is 0 Å². The smallest absolute Gasteiger partial charge is 0.0719 e. The average Bonchev–Trinajstić information content (AvgIpc) is 2.20. The molecule has 1 aromatic rings. The number of nitrogens with two attached hydrogens (primary N) is 1. The van der Waals surface area contributed by atoms with Gasteiger partial charge in [0.1, 0.15) is 0 Å². The van der Waals surface area contributed by atoms with Crippen molar-refractivity contribution in [2.75, 3.05) is 6.61 Å². The predicted octanol–water partition coefficient (Wildman–Crippen LogP) is 2.45. The van der Waals surface area contributed by atoms with Crippen LogP contribution in [0.2, 0.25) is 0 Å². The Labute approximate surface area is 80.7 Å². The van der Waals surface area contributed by atoms with E-state index in [1.54, 1.807) is 0 Å². The Morgan fingerprint density at radius 1 is 1.15 bits per heavy atom. The van der Waals surface area contributed by atoms with Crippen molar-refractivity contribution in [2.45, 2.75) is 27.2 Å². The standard InChI is InChI=1S/C9H13NO.C2H6/c1-8-2-4-9(5-3-8)6-7-11-10;1-2/h2-5H,6-7,10H2,1H3;1-2H3. The Morgan fingerprint density at radius 3 is 2.15 bits per heavy atom. The van der Waals surface area contributed by atoms with E-state index in [2.05, 4.69) is 36.0 Å². The van der Waals surface area contributed by atoms with Crippen LogP contribution in [0, 0.1) is 6.92 Å². The van der Waals surface area contributed by atoms with Crippen LogP contribution in [0.5, 0.6) is 0 Å². The molecule has 0 aliphatic carbocycles. The van der Waals surface area contributed by atoms with Gasteiger partial charge in [0, 0.05) is 0 Å². The van der Waals surface area contributed by atoms with Crippen molar-refractivity contribution in [2.24, 2.45) is 5.90 Å². The van der Waals surface area contributed by atoms with E-state index in [1.807, 2.05) is 13.8 Å². The lowest BCUT2D eigenvalue weighted by Crippen LogP contribution is -2.03. The first kappa shape index (κ1) is 12.1. The number of rotatable bonds is 3. The molecule has 0 unspecified atom stereocenters. The van der Waals surface area contributed by atoms with Crippen molar-refractivity contribution in [3.63, 3.8) is 0 Å². The molecule has 2 heteroatoms. The second-order valence-electron chi connectivity index (χ2n) is 2.61. The molecule has 0 amide bonds. The summed E-state index contributed by atoms with van der Waals surface area (Å²) < 4.78 is 0. The minimum Gasteiger partial charge on any atom is -0.304 e. The fourth-order valence-electron chi connectivity index (χ4n) is 0.932. The zero-order valence-corrected chi connectivity index (χ0v) is 8.71. The zero-order chi connectivity index (χ0) is 10.1. The van der Waals surface area contributed by atoms with Crippen molar-refractivity contribution in [1.82, 2.24) is 0 Å². The maximum Gasteiger partial charge on any atom is 0.0719 e. The summed E-state index contributed by atoms with van der Waals surface area (Å²) in [5, 5.41) is 0. The summed E-state index contributed by atoms with van der Waals surface area (Å²) in [6.45, 7) is 6.66. The molecule has 1 rings (SSSR count). The van der Waals surface area contributed by atoms with Crippen molar-refractivity contribution in [3.8, 4) is 0 Å². The van der Waals surface area contributed by atoms with Gasteiger partial charge in [0.2, 0.25) is 0 Å². The van der Waals surface area contributed by atoms with Gasteiger partial charge in [-0.05, 0) is 18.9 Å². The molecule has 13 heavy (non-hydrogen) atoms. The maximum absolute atomic E-state index is 4.91. The molecule has 0 aliphatic heterocycles. The first-order valence-corrected chi connectivity index (χ1v) is 4.70. The van der Waals surface area contributed by atoms with Crippen LogP contribution in [0.15, 0.2) is 24.3 Å². The van der Waals surface area contributed by atoms with E-state index >= 15 is 0 Å². The molecule has 0 atom stereocenters. The summed E-state index contributed by atoms with van der Waals surface area (Å²) in [7, 11) is 0. The van der Waals surface area contributed by atoms with Gasteiger partial charge in [-0.25, -0.2) is 5.90 Å². The van der Waals surface area contributed by atoms with E-state index in [-0.39, 0.29) is 0 Å². The third kappa shape index (κ3) is 5.39. The number of aryl methyl sites for hydroxylation is 1. The average molecular weight is 181 g/mol. The maximum atomic E-state index is 4.91. The molecule has 0 radical (unpaired) electrons. The third-order valence-electron chi connectivity index (χ3n) is 1.63. The van der Waals surface area contributed by atoms with Gasteiger partial charge in [-0.3, -0.25) is 0 Å². The molecule has 0 aliphatic rings. The zero-order valence-electron chi connectivity index (χ0n) is 8.71. The molecule has 0 saturated heterocycles. The topological polar surface area (TPSA) is 35.2 Å². The Hall–Kier alpha value is -0.860. The lowest BCUT2D eigenvalue weighted by molar-refractivity contribution is 0.141. The van der Waals surface area contributed by atoms with Gasteiger partial charge in [0.05, 0.1) is 6.61 Å². The van der Waals surface area contributed by atoms with E-state index < -0.39 is 0 Å². The van der Waals surface area contributed by atoms with Crippen molar-refractivity contribution in [3.05, 3.63) is 35.4 Å². The minimum atomic E-state index is 0.586. The first-order chi connectivity index (χ1) is 6.33. The van der Waals surface area contributed by atoms with Crippen molar-refractivity contribution in [1.29, 1.82) is 0 Å². The highest BCUT2D eigenvalue weighted by atomic mass is 16.6. The van der Waals surface area contributed by atoms with E-state index in [1.165, 1.54) is 11.1 Å². The normalized spacial score (nSPS) is 8.92. The molecular weight excluding hydrogens is 162 g/mol. The molecule has 1 aromatic carbocycles. The molecule has 2 N–H and O–H groups in total. The Kier molecular flexibility index (Phi) is 7.26. The fourth-order valence-corrected chi connectivity index (χ4v) is 0.932. The Morgan fingerprint density at radius 2 is 1.69 bits per heavy atom. The summed E-state index contributed by atoms with van der Waals surface area (Å²) in [6.07, 6.45) is 0.886. The van der Waals surface area contributed by atoms with Crippen molar-refractivity contribution >= 4 is 0 Å². The van der Waals surface area contributed by atoms with Gasteiger partial charge in [0.15, 0.2) is 0 Å². The van der Waals surface area contributed by atoms with Crippen LogP contribution in [0.4, 0.5) is 0 Å². The highest BCUT2D eigenvalue weighted by Crippen LogP contribution is 2.03. The summed E-state index contributed by atoms with van der Waals surface area (Å²) in [5.41, 5.74) is 2.54. The fraction of sp³-hybridized carbons (Fsp3) is 0.455. The summed E-state index contributed by atoms with van der Waals surface area (Å²) in [5.74, 6) is 4.91. The van der Waals surface area contributed by atoms with Crippen LogP contribution in [-0.4, -0.2) is 6.61 Å². The quantitative estimate of drug-likeness (QED) is 0.727. The molecular formula is C11H19NO. The van der Waals surface area contributed by atoms with Gasteiger partial charge in [-0.1, -0.05) is 43.7 Å². The van der Waals surface area contributed by atoms with E-state index in [0.29, 0.717) is 6.61 Å². The Bertz CT molecular complexity index is 206. The van der Waals surface area contributed by atoms with E-state index in [0.717, 1.165) is 6.42 Å². The molecule has 2 nitrogen and oxygen atoms in total. The molecule has 0 saturated carbocycles. The van der Waals surface area contributed by atoms with Gasteiger partial charge >= 0.3 is 0 Å².